The van der Waals surface area contributed by atoms with Crippen molar-refractivity contribution in [3.8, 4) is 0 Å². The topological polar surface area (TPSA) is 26.0 Å². The maximum absolute atomic E-state index is 5.76. The molecule has 2 rings (SSSR count). The Morgan fingerprint density at radius 2 is 2.21 bits per heavy atom. The summed E-state index contributed by atoms with van der Waals surface area (Å²) in [7, 11) is 0. The minimum absolute atomic E-state index is 0.387. The number of halogens is 1. The van der Waals surface area contributed by atoms with Crippen LogP contribution in [-0.4, -0.2) is 6.54 Å². The van der Waals surface area contributed by atoms with Crippen molar-refractivity contribution in [3.63, 3.8) is 0 Å². The molecule has 0 bridgehead atoms. The van der Waals surface area contributed by atoms with E-state index in [9.17, 15) is 0 Å². The predicted molar refractivity (Wildman–Crippen MR) is 63.3 cm³/mol. The third-order valence-electron chi connectivity index (χ3n) is 3.49. The standard InChI is InChI=1S/C12H16BrN/c1-9(8-14)12(5-6-12)10-3-2-4-11(13)7-10/h2-4,7,9H,5-6,8,14H2,1H3. The minimum Gasteiger partial charge on any atom is -0.330 e. The molecule has 76 valence electrons. The van der Waals surface area contributed by atoms with Gasteiger partial charge in [0.25, 0.3) is 0 Å². The third kappa shape index (κ3) is 1.61. The molecule has 0 aliphatic heterocycles. The number of rotatable bonds is 3. The smallest absolute Gasteiger partial charge is 0.0178 e. The largest absolute Gasteiger partial charge is 0.330 e. The minimum atomic E-state index is 0.387. The average Bonchev–Trinajstić information content (AvgIpc) is 2.97. The number of hydrogen-bond donors (Lipinski definition) is 1. The molecule has 2 heteroatoms. The average molecular weight is 254 g/mol. The molecule has 1 aliphatic rings. The zero-order chi connectivity index (χ0) is 10.2. The van der Waals surface area contributed by atoms with Crippen molar-refractivity contribution in [2.45, 2.75) is 25.2 Å². The zero-order valence-electron chi connectivity index (χ0n) is 8.46. The SMILES string of the molecule is CC(CN)C1(c2cccc(Br)c2)CC1. The van der Waals surface area contributed by atoms with Crippen LogP contribution >= 0.6 is 15.9 Å². The predicted octanol–water partition coefficient (Wildman–Crippen LogP) is 3.08. The summed E-state index contributed by atoms with van der Waals surface area (Å²) in [6.07, 6.45) is 2.59. The lowest BCUT2D eigenvalue weighted by Gasteiger charge is -2.22. The molecule has 1 saturated carbocycles. The van der Waals surface area contributed by atoms with E-state index in [4.69, 9.17) is 5.73 Å². The second-order valence-electron chi connectivity index (χ2n) is 4.30. The summed E-state index contributed by atoms with van der Waals surface area (Å²) in [5, 5.41) is 0. The van der Waals surface area contributed by atoms with Crippen molar-refractivity contribution in [3.05, 3.63) is 34.3 Å². The molecule has 1 aliphatic carbocycles. The molecule has 0 heterocycles. The van der Waals surface area contributed by atoms with Crippen molar-refractivity contribution in [1.29, 1.82) is 0 Å². The Balaban J connectivity index is 2.30. The van der Waals surface area contributed by atoms with Gasteiger partial charge in [0.1, 0.15) is 0 Å². The zero-order valence-corrected chi connectivity index (χ0v) is 10.0. The summed E-state index contributed by atoms with van der Waals surface area (Å²) in [4.78, 5) is 0. The van der Waals surface area contributed by atoms with Crippen molar-refractivity contribution in [2.75, 3.05) is 6.54 Å². The molecule has 0 spiro atoms. The summed E-state index contributed by atoms with van der Waals surface area (Å²) in [6, 6.07) is 8.65. The number of benzene rings is 1. The summed E-state index contributed by atoms with van der Waals surface area (Å²) in [5.41, 5.74) is 7.60. The van der Waals surface area contributed by atoms with E-state index in [1.165, 1.54) is 22.9 Å². The van der Waals surface area contributed by atoms with Crippen LogP contribution in [-0.2, 0) is 5.41 Å². The van der Waals surface area contributed by atoms with Gasteiger partial charge in [-0.2, -0.15) is 0 Å². The lowest BCUT2D eigenvalue weighted by Crippen LogP contribution is -2.25. The Labute approximate surface area is 93.8 Å². The molecule has 1 unspecified atom stereocenters. The molecule has 1 aromatic carbocycles. The number of nitrogens with two attached hydrogens (primary N) is 1. The Morgan fingerprint density at radius 1 is 1.50 bits per heavy atom. The Kier molecular flexibility index (Phi) is 2.67. The molecule has 2 N–H and O–H groups in total. The second-order valence-corrected chi connectivity index (χ2v) is 5.22. The van der Waals surface area contributed by atoms with Crippen molar-refractivity contribution < 1.29 is 0 Å². The molecular weight excluding hydrogens is 238 g/mol. The van der Waals surface area contributed by atoms with Crippen molar-refractivity contribution >= 4 is 15.9 Å². The first-order valence-corrected chi connectivity index (χ1v) is 5.94. The van der Waals surface area contributed by atoms with Gasteiger partial charge in [-0.3, -0.25) is 0 Å². The molecule has 1 aromatic rings. The van der Waals surface area contributed by atoms with Gasteiger partial charge in [-0.05, 0) is 48.4 Å². The van der Waals surface area contributed by atoms with E-state index in [1.54, 1.807) is 0 Å². The molecule has 14 heavy (non-hydrogen) atoms. The van der Waals surface area contributed by atoms with Gasteiger partial charge in [0.2, 0.25) is 0 Å². The summed E-state index contributed by atoms with van der Waals surface area (Å²) in [6.45, 7) is 3.04. The lowest BCUT2D eigenvalue weighted by atomic mass is 9.84. The highest BCUT2D eigenvalue weighted by Gasteiger charge is 2.47. The normalized spacial score (nSPS) is 20.5. The van der Waals surface area contributed by atoms with Crippen LogP contribution in [0.1, 0.15) is 25.3 Å². The van der Waals surface area contributed by atoms with Crippen molar-refractivity contribution in [1.82, 2.24) is 0 Å². The van der Waals surface area contributed by atoms with E-state index in [1.807, 2.05) is 0 Å². The first-order valence-electron chi connectivity index (χ1n) is 5.15. The highest BCUT2D eigenvalue weighted by molar-refractivity contribution is 9.10. The van der Waals surface area contributed by atoms with Gasteiger partial charge in [-0.15, -0.1) is 0 Å². The van der Waals surface area contributed by atoms with Gasteiger partial charge in [0.05, 0.1) is 0 Å². The molecular formula is C12H16BrN. The fourth-order valence-electron chi connectivity index (χ4n) is 2.22. The Bertz CT molecular complexity index is 331. The van der Waals surface area contributed by atoms with Gasteiger partial charge in [0, 0.05) is 4.47 Å². The summed E-state index contributed by atoms with van der Waals surface area (Å²) >= 11 is 3.52. The Morgan fingerprint density at radius 3 is 2.71 bits per heavy atom. The van der Waals surface area contributed by atoms with Gasteiger partial charge < -0.3 is 5.73 Å². The molecule has 1 atom stereocenters. The van der Waals surface area contributed by atoms with Gasteiger partial charge in [0.15, 0.2) is 0 Å². The van der Waals surface area contributed by atoms with Crippen LogP contribution in [0, 0.1) is 5.92 Å². The second kappa shape index (κ2) is 3.67. The first-order chi connectivity index (χ1) is 6.69. The molecule has 0 aromatic heterocycles. The fraction of sp³-hybridized carbons (Fsp3) is 0.500. The van der Waals surface area contributed by atoms with Crippen LogP contribution in [0.25, 0.3) is 0 Å². The monoisotopic (exact) mass is 253 g/mol. The van der Waals surface area contributed by atoms with Gasteiger partial charge in [-0.1, -0.05) is 35.0 Å². The first kappa shape index (κ1) is 10.2. The maximum Gasteiger partial charge on any atom is 0.0178 e. The van der Waals surface area contributed by atoms with Crippen molar-refractivity contribution in [2.24, 2.45) is 11.7 Å². The molecule has 0 saturated heterocycles. The summed E-state index contributed by atoms with van der Waals surface area (Å²) < 4.78 is 1.17. The van der Waals surface area contributed by atoms with Crippen LogP contribution in [0.4, 0.5) is 0 Å². The van der Waals surface area contributed by atoms with E-state index < -0.39 is 0 Å². The van der Waals surface area contributed by atoms with Crippen LogP contribution in [0.3, 0.4) is 0 Å². The van der Waals surface area contributed by atoms with Crippen LogP contribution in [0.2, 0.25) is 0 Å². The third-order valence-corrected chi connectivity index (χ3v) is 3.98. The maximum atomic E-state index is 5.76. The lowest BCUT2D eigenvalue weighted by molar-refractivity contribution is 0.450. The van der Waals surface area contributed by atoms with Gasteiger partial charge in [-0.25, -0.2) is 0 Å². The quantitative estimate of drug-likeness (QED) is 0.881. The molecule has 0 radical (unpaired) electrons. The molecule has 1 fully saturated rings. The van der Waals surface area contributed by atoms with E-state index in [0.717, 1.165) is 6.54 Å². The Hall–Kier alpha value is -0.340. The van der Waals surface area contributed by atoms with Crippen LogP contribution < -0.4 is 5.73 Å². The fourth-order valence-corrected chi connectivity index (χ4v) is 2.62. The highest BCUT2D eigenvalue weighted by atomic mass is 79.9. The van der Waals surface area contributed by atoms with Crippen LogP contribution in [0.5, 0.6) is 0 Å². The summed E-state index contributed by atoms with van der Waals surface area (Å²) in [5.74, 6) is 0.594. The van der Waals surface area contributed by atoms with E-state index in [0.29, 0.717) is 11.3 Å². The van der Waals surface area contributed by atoms with E-state index in [2.05, 4.69) is 47.1 Å². The van der Waals surface area contributed by atoms with E-state index >= 15 is 0 Å². The van der Waals surface area contributed by atoms with Crippen LogP contribution in [0.15, 0.2) is 28.7 Å². The van der Waals surface area contributed by atoms with E-state index in [-0.39, 0.29) is 0 Å². The molecule has 0 amide bonds. The number of hydrogen-bond acceptors (Lipinski definition) is 1. The molecule has 1 nitrogen and oxygen atoms in total. The highest BCUT2D eigenvalue weighted by Crippen LogP contribution is 2.53. The van der Waals surface area contributed by atoms with Gasteiger partial charge >= 0.3 is 0 Å².